The molecule has 0 aromatic carbocycles. The van der Waals surface area contributed by atoms with Gasteiger partial charge in [-0.2, -0.15) is 8.42 Å². The summed E-state index contributed by atoms with van der Waals surface area (Å²) in [4.78, 5) is 0. The van der Waals surface area contributed by atoms with Crippen molar-refractivity contribution < 1.29 is 18.1 Å². The fourth-order valence-corrected chi connectivity index (χ4v) is 4.71. The zero-order valence-electron chi connectivity index (χ0n) is 18.7. The summed E-state index contributed by atoms with van der Waals surface area (Å²) in [7, 11) is -4.01. The number of aliphatic hydroxyl groups is 1. The summed E-state index contributed by atoms with van der Waals surface area (Å²) in [5.74, 6) is 0. The van der Waals surface area contributed by atoms with Crippen LogP contribution in [0.25, 0.3) is 0 Å². The van der Waals surface area contributed by atoms with Gasteiger partial charge in [0.25, 0.3) is 10.1 Å². The maximum atomic E-state index is 11.6. The average molecular weight is 421 g/mol. The molecule has 0 aromatic rings. The van der Waals surface area contributed by atoms with Crippen molar-refractivity contribution in [3.8, 4) is 0 Å². The van der Waals surface area contributed by atoms with E-state index in [0.717, 1.165) is 38.5 Å². The topological polar surface area (TPSA) is 74.6 Å². The molecule has 0 aliphatic carbocycles. The van der Waals surface area contributed by atoms with Gasteiger partial charge in [-0.15, -0.1) is 0 Å². The lowest BCUT2D eigenvalue weighted by Gasteiger charge is -2.16. The molecule has 0 spiro atoms. The van der Waals surface area contributed by atoms with Crippen molar-refractivity contribution in [1.82, 2.24) is 0 Å². The Morgan fingerprint density at radius 1 is 0.571 bits per heavy atom. The average Bonchev–Trinajstić information content (AvgIpc) is 2.64. The van der Waals surface area contributed by atoms with Crippen LogP contribution in [0.1, 0.15) is 136 Å². The van der Waals surface area contributed by atoms with Gasteiger partial charge in [0.15, 0.2) is 0 Å². The Bertz CT molecular complexity index is 422. The van der Waals surface area contributed by atoms with Crippen LogP contribution in [-0.2, 0) is 10.1 Å². The lowest BCUT2D eigenvalue weighted by atomic mass is 10.0. The summed E-state index contributed by atoms with van der Waals surface area (Å²) >= 11 is 0. The Kier molecular flexibility index (Phi) is 18.8. The van der Waals surface area contributed by atoms with Crippen molar-refractivity contribution in [3.63, 3.8) is 0 Å². The number of hydrogen-bond acceptors (Lipinski definition) is 3. The second-order valence-corrected chi connectivity index (χ2v) is 10.2. The van der Waals surface area contributed by atoms with Gasteiger partial charge in [0, 0.05) is 0 Å². The fraction of sp³-hybridized carbons (Fsp3) is 1.00. The Morgan fingerprint density at radius 3 is 1.39 bits per heavy atom. The first-order chi connectivity index (χ1) is 13.4. The highest BCUT2D eigenvalue weighted by Crippen LogP contribution is 2.20. The monoisotopic (exact) mass is 420 g/mol. The van der Waals surface area contributed by atoms with Crippen molar-refractivity contribution in [3.05, 3.63) is 0 Å². The number of unbranched alkanes of at least 4 members (excludes halogenated alkanes) is 13. The Balaban J connectivity index is 3.83. The standard InChI is InChI=1S/C23H48O4S/c1-3-5-7-9-10-11-12-13-15-17-19-23(28(25,26)27)21-20-22(24)18-16-14-8-6-4-2/h22-24H,3-21H2,1-2H3,(H,25,26,27). The molecule has 2 N–H and O–H groups in total. The second-order valence-electron chi connectivity index (χ2n) is 8.54. The largest absolute Gasteiger partial charge is 0.393 e. The molecule has 0 heterocycles. The Labute approximate surface area is 175 Å². The molecule has 0 rings (SSSR count). The molecule has 4 nitrogen and oxygen atoms in total. The quantitative estimate of drug-likeness (QED) is 0.154. The van der Waals surface area contributed by atoms with Crippen molar-refractivity contribution in [1.29, 1.82) is 0 Å². The van der Waals surface area contributed by atoms with Gasteiger partial charge in [-0.1, -0.05) is 110 Å². The second kappa shape index (κ2) is 18.9. The van der Waals surface area contributed by atoms with Crippen LogP contribution in [0.15, 0.2) is 0 Å². The van der Waals surface area contributed by atoms with Crippen LogP contribution in [0.4, 0.5) is 0 Å². The minimum atomic E-state index is -4.01. The molecule has 0 aromatic heterocycles. The predicted octanol–water partition coefficient (Wildman–Crippen LogP) is 7.06. The van der Waals surface area contributed by atoms with Crippen molar-refractivity contribution in [2.24, 2.45) is 0 Å². The van der Waals surface area contributed by atoms with E-state index in [-0.39, 0.29) is 0 Å². The van der Waals surface area contributed by atoms with Crippen molar-refractivity contribution in [2.45, 2.75) is 147 Å². The summed E-state index contributed by atoms with van der Waals surface area (Å²) in [6.45, 7) is 4.41. The third-order valence-corrected chi connectivity index (χ3v) is 7.08. The lowest BCUT2D eigenvalue weighted by Crippen LogP contribution is -2.22. The van der Waals surface area contributed by atoms with Gasteiger partial charge in [0.05, 0.1) is 11.4 Å². The predicted molar refractivity (Wildman–Crippen MR) is 120 cm³/mol. The Hall–Kier alpha value is -0.130. The van der Waals surface area contributed by atoms with E-state index in [0.29, 0.717) is 19.3 Å². The highest BCUT2D eigenvalue weighted by Gasteiger charge is 2.23. The van der Waals surface area contributed by atoms with E-state index >= 15 is 0 Å². The van der Waals surface area contributed by atoms with E-state index in [9.17, 15) is 18.1 Å². The van der Waals surface area contributed by atoms with E-state index in [4.69, 9.17) is 0 Å². The van der Waals surface area contributed by atoms with Crippen molar-refractivity contribution >= 4 is 10.1 Å². The van der Waals surface area contributed by atoms with Gasteiger partial charge in [0.1, 0.15) is 0 Å². The third kappa shape index (κ3) is 17.9. The SMILES string of the molecule is CCCCCCCCCCCCC(CCC(O)CCCCCCC)S(=O)(=O)O. The molecule has 0 radical (unpaired) electrons. The summed E-state index contributed by atoms with van der Waals surface area (Å²) < 4.78 is 32.8. The molecule has 0 bridgehead atoms. The first-order valence-corrected chi connectivity index (χ1v) is 13.6. The van der Waals surface area contributed by atoms with Gasteiger partial charge in [-0.05, 0) is 25.7 Å². The van der Waals surface area contributed by atoms with E-state index < -0.39 is 21.5 Å². The van der Waals surface area contributed by atoms with Crippen LogP contribution in [0.2, 0.25) is 0 Å². The zero-order valence-corrected chi connectivity index (χ0v) is 19.5. The molecular formula is C23H48O4S. The van der Waals surface area contributed by atoms with Gasteiger partial charge >= 0.3 is 0 Å². The van der Waals surface area contributed by atoms with Gasteiger partial charge < -0.3 is 5.11 Å². The van der Waals surface area contributed by atoms with Crippen LogP contribution in [0.5, 0.6) is 0 Å². The number of rotatable bonds is 21. The molecule has 0 saturated carbocycles. The molecule has 0 aliphatic heterocycles. The first-order valence-electron chi connectivity index (χ1n) is 12.1. The summed E-state index contributed by atoms with van der Waals surface area (Å²) in [5.41, 5.74) is 0. The Morgan fingerprint density at radius 2 is 0.964 bits per heavy atom. The smallest absolute Gasteiger partial charge is 0.267 e. The minimum Gasteiger partial charge on any atom is -0.393 e. The normalized spacial score (nSPS) is 14.3. The highest BCUT2D eigenvalue weighted by molar-refractivity contribution is 7.86. The first kappa shape index (κ1) is 27.9. The summed E-state index contributed by atoms with van der Waals surface area (Å²) in [5, 5.41) is 9.38. The number of hydrogen-bond donors (Lipinski definition) is 2. The van der Waals surface area contributed by atoms with Crippen LogP contribution < -0.4 is 0 Å². The van der Waals surface area contributed by atoms with Crippen LogP contribution >= 0.6 is 0 Å². The van der Waals surface area contributed by atoms with Crippen molar-refractivity contribution in [2.75, 3.05) is 0 Å². The molecule has 170 valence electrons. The molecule has 0 saturated heterocycles. The maximum Gasteiger partial charge on any atom is 0.267 e. The van der Waals surface area contributed by atoms with Crippen LogP contribution in [0, 0.1) is 0 Å². The zero-order chi connectivity index (χ0) is 21.1. The fourth-order valence-electron chi connectivity index (χ4n) is 3.81. The van der Waals surface area contributed by atoms with E-state index in [1.54, 1.807) is 0 Å². The third-order valence-electron chi connectivity index (χ3n) is 5.76. The lowest BCUT2D eigenvalue weighted by molar-refractivity contribution is 0.147. The molecular weight excluding hydrogens is 372 g/mol. The van der Waals surface area contributed by atoms with E-state index in [1.807, 2.05) is 0 Å². The molecule has 0 fully saturated rings. The molecule has 0 aliphatic rings. The highest BCUT2D eigenvalue weighted by atomic mass is 32.2. The maximum absolute atomic E-state index is 11.6. The van der Waals surface area contributed by atoms with Gasteiger partial charge in [0.2, 0.25) is 0 Å². The van der Waals surface area contributed by atoms with Gasteiger partial charge in [-0.25, -0.2) is 0 Å². The number of aliphatic hydroxyl groups excluding tert-OH is 1. The van der Waals surface area contributed by atoms with E-state index in [2.05, 4.69) is 13.8 Å². The van der Waals surface area contributed by atoms with Gasteiger partial charge in [-0.3, -0.25) is 4.55 Å². The summed E-state index contributed by atoms with van der Waals surface area (Å²) in [6.07, 6.45) is 19.5. The molecule has 2 unspecified atom stereocenters. The van der Waals surface area contributed by atoms with Crippen LogP contribution in [-0.4, -0.2) is 29.4 Å². The molecule has 0 amide bonds. The van der Waals surface area contributed by atoms with E-state index in [1.165, 1.54) is 64.2 Å². The molecule has 5 heteroatoms. The molecule has 2 atom stereocenters. The summed E-state index contributed by atoms with van der Waals surface area (Å²) in [6, 6.07) is 0. The van der Waals surface area contributed by atoms with Crippen LogP contribution in [0.3, 0.4) is 0 Å². The molecule has 28 heavy (non-hydrogen) atoms. The minimum absolute atomic E-state index is 0.367.